The maximum atomic E-state index is 13.3. The Morgan fingerprint density at radius 3 is 2.80 bits per heavy atom. The van der Waals surface area contributed by atoms with Gasteiger partial charge >= 0.3 is 0 Å². The molecule has 1 aromatic carbocycles. The van der Waals surface area contributed by atoms with Crippen LogP contribution < -0.4 is 16.8 Å². The largest absolute Gasteiger partial charge is 0.379 e. The lowest BCUT2D eigenvalue weighted by Gasteiger charge is -2.14. The summed E-state index contributed by atoms with van der Waals surface area (Å²) in [5, 5.41) is 2.85. The minimum Gasteiger partial charge on any atom is -0.379 e. The van der Waals surface area contributed by atoms with E-state index in [0.29, 0.717) is 6.54 Å². The van der Waals surface area contributed by atoms with Gasteiger partial charge in [-0.25, -0.2) is 4.39 Å². The van der Waals surface area contributed by atoms with E-state index in [1.807, 2.05) is 6.92 Å². The van der Waals surface area contributed by atoms with E-state index >= 15 is 0 Å². The Labute approximate surface area is 87.4 Å². The molecule has 0 aliphatic heterocycles. The normalized spacial score (nSPS) is 12.2. The second kappa shape index (κ2) is 4.75. The van der Waals surface area contributed by atoms with Gasteiger partial charge in [0.15, 0.2) is 0 Å². The quantitative estimate of drug-likeness (QED) is 0.685. The molecule has 0 bridgehead atoms. The fourth-order valence-electron chi connectivity index (χ4n) is 1.11. The van der Waals surface area contributed by atoms with Gasteiger partial charge in [0.05, 0.1) is 5.69 Å². The number of rotatable bonds is 4. The number of hydrogen-bond acceptors (Lipinski definition) is 3. The third-order valence-corrected chi connectivity index (χ3v) is 2.01. The molecular formula is C10H14FN3O. The van der Waals surface area contributed by atoms with Crippen molar-refractivity contribution in [1.82, 2.24) is 0 Å². The number of primary amides is 1. The summed E-state index contributed by atoms with van der Waals surface area (Å²) in [6.07, 6.45) is 0. The Kier molecular flexibility index (Phi) is 3.62. The van der Waals surface area contributed by atoms with Gasteiger partial charge < -0.3 is 16.8 Å². The van der Waals surface area contributed by atoms with Crippen LogP contribution in [-0.2, 0) is 0 Å². The molecule has 1 aromatic rings. The highest BCUT2D eigenvalue weighted by atomic mass is 19.1. The van der Waals surface area contributed by atoms with Crippen molar-refractivity contribution in [3.63, 3.8) is 0 Å². The fourth-order valence-corrected chi connectivity index (χ4v) is 1.11. The van der Waals surface area contributed by atoms with Crippen molar-refractivity contribution >= 4 is 11.6 Å². The molecule has 1 amide bonds. The number of amides is 1. The summed E-state index contributed by atoms with van der Waals surface area (Å²) in [5.41, 5.74) is 11.0. The Morgan fingerprint density at radius 2 is 2.27 bits per heavy atom. The molecule has 0 spiro atoms. The first-order valence-corrected chi connectivity index (χ1v) is 4.60. The standard InChI is InChI=1S/C10H14FN3O/c1-6(5-12)14-9-4-7(10(13)15)2-3-8(9)11/h2-4,6,14H,5,12H2,1H3,(H2,13,15). The van der Waals surface area contributed by atoms with E-state index < -0.39 is 11.7 Å². The Morgan fingerprint density at radius 1 is 1.60 bits per heavy atom. The molecule has 5 heteroatoms. The van der Waals surface area contributed by atoms with Gasteiger partial charge in [-0.1, -0.05) is 0 Å². The highest BCUT2D eigenvalue weighted by Crippen LogP contribution is 2.16. The third-order valence-electron chi connectivity index (χ3n) is 2.01. The lowest BCUT2D eigenvalue weighted by atomic mass is 10.1. The molecule has 0 aliphatic rings. The molecule has 1 unspecified atom stereocenters. The van der Waals surface area contributed by atoms with Crippen molar-refractivity contribution in [2.24, 2.45) is 11.5 Å². The zero-order valence-corrected chi connectivity index (χ0v) is 8.46. The van der Waals surface area contributed by atoms with E-state index in [9.17, 15) is 9.18 Å². The summed E-state index contributed by atoms with van der Waals surface area (Å²) in [7, 11) is 0. The number of hydrogen-bond donors (Lipinski definition) is 3. The summed E-state index contributed by atoms with van der Waals surface area (Å²) < 4.78 is 13.3. The molecular weight excluding hydrogens is 197 g/mol. The molecule has 1 rings (SSSR count). The summed E-state index contributed by atoms with van der Waals surface area (Å²) in [6, 6.07) is 3.86. The van der Waals surface area contributed by atoms with Crippen LogP contribution in [0, 0.1) is 5.82 Å². The maximum Gasteiger partial charge on any atom is 0.248 e. The van der Waals surface area contributed by atoms with Crippen LogP contribution in [0.25, 0.3) is 0 Å². The van der Waals surface area contributed by atoms with Gasteiger partial charge in [0.2, 0.25) is 5.91 Å². The maximum absolute atomic E-state index is 13.3. The number of nitrogens with one attached hydrogen (secondary N) is 1. The molecule has 4 nitrogen and oxygen atoms in total. The number of halogens is 1. The SMILES string of the molecule is CC(CN)Nc1cc(C(N)=O)ccc1F. The summed E-state index contributed by atoms with van der Waals surface area (Å²) in [4.78, 5) is 10.9. The predicted octanol–water partition coefficient (Wildman–Crippen LogP) is 0.684. The smallest absolute Gasteiger partial charge is 0.248 e. The van der Waals surface area contributed by atoms with Crippen LogP contribution in [0.4, 0.5) is 10.1 Å². The molecule has 0 saturated carbocycles. The first-order valence-electron chi connectivity index (χ1n) is 4.60. The average Bonchev–Trinajstić information content (AvgIpc) is 2.20. The average molecular weight is 211 g/mol. The van der Waals surface area contributed by atoms with E-state index in [0.717, 1.165) is 0 Å². The van der Waals surface area contributed by atoms with Crippen LogP contribution >= 0.6 is 0 Å². The predicted molar refractivity (Wildman–Crippen MR) is 57.1 cm³/mol. The van der Waals surface area contributed by atoms with Crippen LogP contribution in [0.1, 0.15) is 17.3 Å². The molecule has 82 valence electrons. The summed E-state index contributed by atoms with van der Waals surface area (Å²) >= 11 is 0. The molecule has 5 N–H and O–H groups in total. The third kappa shape index (κ3) is 2.92. The number of anilines is 1. The second-order valence-corrected chi connectivity index (χ2v) is 3.34. The number of nitrogens with two attached hydrogens (primary N) is 2. The molecule has 0 saturated heterocycles. The monoisotopic (exact) mass is 211 g/mol. The van der Waals surface area contributed by atoms with Crippen molar-refractivity contribution in [3.8, 4) is 0 Å². The topological polar surface area (TPSA) is 81.1 Å². The molecule has 0 aliphatic carbocycles. The highest BCUT2D eigenvalue weighted by molar-refractivity contribution is 5.93. The number of benzene rings is 1. The lowest BCUT2D eigenvalue weighted by molar-refractivity contribution is 0.100. The minimum absolute atomic E-state index is 0.0670. The van der Waals surface area contributed by atoms with Gasteiger partial charge in [0.25, 0.3) is 0 Å². The van der Waals surface area contributed by atoms with Crippen molar-refractivity contribution in [3.05, 3.63) is 29.6 Å². The molecule has 1 atom stereocenters. The van der Waals surface area contributed by atoms with Crippen molar-refractivity contribution in [1.29, 1.82) is 0 Å². The number of carbonyl (C=O) groups excluding carboxylic acids is 1. The molecule has 0 radical (unpaired) electrons. The van der Waals surface area contributed by atoms with Gasteiger partial charge in [-0.2, -0.15) is 0 Å². The molecule has 15 heavy (non-hydrogen) atoms. The fraction of sp³-hybridized carbons (Fsp3) is 0.300. The van der Waals surface area contributed by atoms with E-state index in [1.54, 1.807) is 0 Å². The van der Waals surface area contributed by atoms with Crippen LogP contribution in [0.3, 0.4) is 0 Å². The van der Waals surface area contributed by atoms with Gasteiger partial charge in [-0.3, -0.25) is 4.79 Å². The van der Waals surface area contributed by atoms with Crippen LogP contribution in [0.2, 0.25) is 0 Å². The Bertz CT molecular complexity index is 368. The lowest BCUT2D eigenvalue weighted by Crippen LogP contribution is -2.26. The van der Waals surface area contributed by atoms with Gasteiger partial charge in [0, 0.05) is 18.2 Å². The highest BCUT2D eigenvalue weighted by Gasteiger charge is 2.08. The minimum atomic E-state index is -0.585. The van der Waals surface area contributed by atoms with Crippen molar-refractivity contribution in [2.45, 2.75) is 13.0 Å². The van der Waals surface area contributed by atoms with E-state index in [4.69, 9.17) is 11.5 Å². The number of carbonyl (C=O) groups is 1. The first-order chi connectivity index (χ1) is 7.04. The van der Waals surface area contributed by atoms with Crippen molar-refractivity contribution in [2.75, 3.05) is 11.9 Å². The zero-order chi connectivity index (χ0) is 11.4. The van der Waals surface area contributed by atoms with Crippen LogP contribution in [0.5, 0.6) is 0 Å². The molecule has 0 fully saturated rings. The molecule has 0 aromatic heterocycles. The zero-order valence-electron chi connectivity index (χ0n) is 8.46. The van der Waals surface area contributed by atoms with Gasteiger partial charge in [0.1, 0.15) is 5.82 Å². The van der Waals surface area contributed by atoms with E-state index in [1.165, 1.54) is 18.2 Å². The van der Waals surface area contributed by atoms with Gasteiger partial charge in [-0.05, 0) is 25.1 Å². The molecule has 0 heterocycles. The Hall–Kier alpha value is -1.62. The summed E-state index contributed by atoms with van der Waals surface area (Å²) in [6.45, 7) is 2.19. The van der Waals surface area contributed by atoms with Crippen LogP contribution in [0.15, 0.2) is 18.2 Å². The van der Waals surface area contributed by atoms with Crippen molar-refractivity contribution < 1.29 is 9.18 Å². The Balaban J connectivity index is 2.95. The van der Waals surface area contributed by atoms with Crippen LogP contribution in [-0.4, -0.2) is 18.5 Å². The van der Waals surface area contributed by atoms with E-state index in [2.05, 4.69) is 5.32 Å². The van der Waals surface area contributed by atoms with E-state index in [-0.39, 0.29) is 17.3 Å². The first kappa shape index (κ1) is 11.5. The van der Waals surface area contributed by atoms with Gasteiger partial charge in [-0.15, -0.1) is 0 Å². The second-order valence-electron chi connectivity index (χ2n) is 3.34. The summed E-state index contributed by atoms with van der Waals surface area (Å²) in [5.74, 6) is -1.02.